The van der Waals surface area contributed by atoms with Crippen molar-refractivity contribution in [1.29, 1.82) is 0 Å². The molecule has 0 aromatic heterocycles. The van der Waals surface area contributed by atoms with Crippen molar-refractivity contribution < 1.29 is 5.11 Å². The molecule has 0 saturated carbocycles. The maximum Gasteiger partial charge on any atom is 0.142 e. The Labute approximate surface area is 77.6 Å². The molecule has 1 N–H and O–H groups in total. The summed E-state index contributed by atoms with van der Waals surface area (Å²) in [7, 11) is 1.99. The van der Waals surface area contributed by atoms with E-state index in [0.29, 0.717) is 12.2 Å². The van der Waals surface area contributed by atoms with E-state index in [1.165, 1.54) is 0 Å². The fourth-order valence-corrected chi connectivity index (χ4v) is 1.18. The highest BCUT2D eigenvalue weighted by Gasteiger charge is 1.96. The Morgan fingerprint density at radius 3 is 2.55 bits per heavy atom. The smallest absolute Gasteiger partial charge is 0.142 e. The van der Waals surface area contributed by atoms with Gasteiger partial charge in [-0.15, -0.1) is 5.47 Å². The molecule has 3 heteroatoms. The minimum absolute atomic E-state index is 0.395. The molecule has 0 aromatic carbocycles. The van der Waals surface area contributed by atoms with Crippen LogP contribution in [0.25, 0.3) is 0 Å². The van der Waals surface area contributed by atoms with E-state index < -0.39 is 0 Å². The highest BCUT2D eigenvalue weighted by Crippen LogP contribution is 2.15. The molecule has 1 nitrogen and oxygen atoms in total. The van der Waals surface area contributed by atoms with Gasteiger partial charge in [-0.3, -0.25) is 0 Å². The Morgan fingerprint density at radius 1 is 1.64 bits per heavy atom. The molecule has 0 atom stereocenters. The lowest BCUT2D eigenvalue weighted by Gasteiger charge is -1.98. The van der Waals surface area contributed by atoms with Gasteiger partial charge in [0.25, 0.3) is 0 Å². The summed E-state index contributed by atoms with van der Waals surface area (Å²) in [4.78, 5) is 0. The van der Waals surface area contributed by atoms with Crippen molar-refractivity contribution in [2.75, 3.05) is 0 Å². The summed E-state index contributed by atoms with van der Waals surface area (Å²) in [5.74, 6) is 0.395. The molecule has 61 valence electrons. The van der Waals surface area contributed by atoms with Crippen molar-refractivity contribution in [3.05, 3.63) is 21.8 Å². The van der Waals surface area contributed by atoms with Gasteiger partial charge in [-0.05, 0) is 15.9 Å². The average Bonchev–Trinajstić information content (AvgIpc) is 2.02. The Hall–Kier alpha value is -0.175. The van der Waals surface area contributed by atoms with Crippen molar-refractivity contribution in [2.45, 2.75) is 27.1 Å². The van der Waals surface area contributed by atoms with Crippen LogP contribution in [0.4, 0.5) is 0 Å². The lowest BCUT2D eigenvalue weighted by molar-refractivity contribution is 0.393. The van der Waals surface area contributed by atoms with Gasteiger partial charge in [0, 0.05) is 6.42 Å². The molecular weight excluding hydrogens is 203 g/mol. The van der Waals surface area contributed by atoms with Gasteiger partial charge in [0.1, 0.15) is 13.0 Å². The zero-order chi connectivity index (χ0) is 8.85. The molecule has 0 bridgehead atoms. The zero-order valence-electron chi connectivity index (χ0n) is 7.19. The van der Waals surface area contributed by atoms with Gasteiger partial charge in [0.05, 0.1) is 4.48 Å². The quantitative estimate of drug-likeness (QED) is 0.436. The topological polar surface area (TPSA) is 20.2 Å². The molecule has 0 aliphatic carbocycles. The second-order valence-corrected chi connectivity index (χ2v) is 3.18. The molecule has 0 aliphatic rings. The van der Waals surface area contributed by atoms with E-state index in [9.17, 15) is 5.11 Å². The molecule has 0 spiro atoms. The third-order valence-electron chi connectivity index (χ3n) is 1.42. The first-order chi connectivity index (χ1) is 5.11. The van der Waals surface area contributed by atoms with Gasteiger partial charge < -0.3 is 5.11 Å². The summed E-state index contributed by atoms with van der Waals surface area (Å²) in [5.41, 5.74) is 1.14. The first kappa shape index (κ1) is 10.8. The van der Waals surface area contributed by atoms with Crippen molar-refractivity contribution in [2.24, 2.45) is 0 Å². The fourth-order valence-electron chi connectivity index (χ4n) is 0.535. The number of aliphatic hydroxyl groups is 1. The maximum absolute atomic E-state index is 9.25. The monoisotopic (exact) mass is 215 g/mol. The van der Waals surface area contributed by atoms with Crippen LogP contribution in [0.3, 0.4) is 0 Å². The lowest BCUT2D eigenvalue weighted by atomic mass is 9.73. The summed E-state index contributed by atoms with van der Waals surface area (Å²) in [5, 5.41) is 9.25. The fraction of sp³-hybridized carbons (Fsp3) is 0.500. The van der Waals surface area contributed by atoms with E-state index in [2.05, 4.69) is 15.9 Å². The Balaban J connectivity index is 4.37. The second-order valence-electron chi connectivity index (χ2n) is 2.33. The molecular formula is C8H13BBrO. The number of allylic oxidation sites excluding steroid dienone is 4. The number of aliphatic hydroxyl groups excluding tert-OH is 1. The van der Waals surface area contributed by atoms with E-state index in [1.807, 2.05) is 34.0 Å². The first-order valence-electron chi connectivity index (χ1n) is 3.67. The van der Waals surface area contributed by atoms with Crippen molar-refractivity contribution in [3.63, 3.8) is 0 Å². The number of rotatable bonds is 3. The van der Waals surface area contributed by atoms with Gasteiger partial charge in [-0.25, -0.2) is 0 Å². The third kappa shape index (κ3) is 4.30. The molecule has 0 fully saturated rings. The predicted octanol–water partition coefficient (Wildman–Crippen LogP) is 3.22. The van der Waals surface area contributed by atoms with Gasteiger partial charge in [-0.2, -0.15) is 0 Å². The minimum Gasteiger partial charge on any atom is -0.511 e. The number of hydrogen-bond donors (Lipinski definition) is 1. The van der Waals surface area contributed by atoms with Crippen LogP contribution in [-0.2, 0) is 0 Å². The Bertz CT molecular complexity index is 185. The van der Waals surface area contributed by atoms with Crippen molar-refractivity contribution >= 4 is 23.2 Å². The van der Waals surface area contributed by atoms with Crippen LogP contribution in [0, 0.1) is 0 Å². The molecule has 0 aliphatic heterocycles. The van der Waals surface area contributed by atoms with Crippen LogP contribution in [0.1, 0.15) is 20.3 Å². The van der Waals surface area contributed by atoms with Crippen LogP contribution >= 0.6 is 15.9 Å². The molecule has 0 unspecified atom stereocenters. The van der Waals surface area contributed by atoms with E-state index in [-0.39, 0.29) is 0 Å². The van der Waals surface area contributed by atoms with Gasteiger partial charge >= 0.3 is 0 Å². The summed E-state index contributed by atoms with van der Waals surface area (Å²) < 4.78 is 0.774. The predicted molar refractivity (Wildman–Crippen MR) is 54.2 cm³/mol. The number of halogens is 1. The van der Waals surface area contributed by atoms with E-state index >= 15 is 0 Å². The zero-order valence-corrected chi connectivity index (χ0v) is 8.77. The molecule has 0 rings (SSSR count). The van der Waals surface area contributed by atoms with Gasteiger partial charge in [-0.1, -0.05) is 26.7 Å². The largest absolute Gasteiger partial charge is 0.511 e. The van der Waals surface area contributed by atoms with E-state index in [1.54, 1.807) is 0 Å². The third-order valence-corrected chi connectivity index (χ3v) is 2.11. The Kier molecular flexibility index (Phi) is 5.39. The average molecular weight is 216 g/mol. The minimum atomic E-state index is 0.395. The molecule has 1 radical (unpaired) electrons. The molecule has 0 amide bonds. The van der Waals surface area contributed by atoms with Crippen LogP contribution < -0.4 is 0 Å². The molecule has 0 heterocycles. The van der Waals surface area contributed by atoms with Crippen LogP contribution in [0.2, 0.25) is 6.82 Å². The molecule has 0 saturated heterocycles. The highest BCUT2D eigenvalue weighted by atomic mass is 79.9. The van der Waals surface area contributed by atoms with Gasteiger partial charge in [0.15, 0.2) is 0 Å². The van der Waals surface area contributed by atoms with Crippen LogP contribution in [0.15, 0.2) is 21.8 Å². The first-order valence-corrected chi connectivity index (χ1v) is 4.46. The standard InChI is InChI=1S/C8H13BBrO/c1-4-8(11)7(10)5-6(2)9-3/h5,11H,4H2,1-3H3/b6-5+,8-7-. The summed E-state index contributed by atoms with van der Waals surface area (Å²) in [6.45, 7) is 5.87. The van der Waals surface area contributed by atoms with Crippen LogP contribution in [0.5, 0.6) is 0 Å². The SMILES string of the molecule is C[B]/C(C)=C/C(Br)=C(/O)CC. The molecule has 0 aromatic rings. The highest BCUT2D eigenvalue weighted by molar-refractivity contribution is 9.11. The normalized spacial score (nSPS) is 14.4. The van der Waals surface area contributed by atoms with E-state index in [4.69, 9.17) is 0 Å². The Morgan fingerprint density at radius 2 is 2.18 bits per heavy atom. The van der Waals surface area contributed by atoms with Crippen molar-refractivity contribution in [3.8, 4) is 0 Å². The van der Waals surface area contributed by atoms with E-state index in [0.717, 1.165) is 9.95 Å². The summed E-state index contributed by atoms with van der Waals surface area (Å²) in [6, 6.07) is 0. The summed E-state index contributed by atoms with van der Waals surface area (Å²) >= 11 is 3.28. The maximum atomic E-state index is 9.25. The lowest BCUT2D eigenvalue weighted by Crippen LogP contribution is -1.86. The van der Waals surface area contributed by atoms with Crippen molar-refractivity contribution in [1.82, 2.24) is 0 Å². The van der Waals surface area contributed by atoms with Crippen LogP contribution in [-0.4, -0.2) is 12.4 Å². The van der Waals surface area contributed by atoms with Gasteiger partial charge in [0.2, 0.25) is 0 Å². The second kappa shape index (κ2) is 5.47. The number of hydrogen-bond acceptors (Lipinski definition) is 1. The summed E-state index contributed by atoms with van der Waals surface area (Å²) in [6.07, 6.45) is 2.56. The molecule has 11 heavy (non-hydrogen) atoms.